The molecule has 0 saturated heterocycles. The number of hydrogen-bond acceptors (Lipinski definition) is 4. The summed E-state index contributed by atoms with van der Waals surface area (Å²) in [4.78, 5) is 11.9. The van der Waals surface area contributed by atoms with Gasteiger partial charge in [-0.3, -0.25) is 4.79 Å². The zero-order valence-electron chi connectivity index (χ0n) is 14.7. The maximum atomic E-state index is 12.3. The first-order valence-corrected chi connectivity index (χ1v) is 9.72. The largest absolute Gasteiger partial charge is 0.493 e. The number of alkyl halides is 2. The molecule has 0 aliphatic rings. The van der Waals surface area contributed by atoms with Crippen LogP contribution in [-0.2, 0) is 17.0 Å². The lowest BCUT2D eigenvalue weighted by molar-refractivity contribution is -0.118. The van der Waals surface area contributed by atoms with Gasteiger partial charge in [0.25, 0.3) is 0 Å². The minimum absolute atomic E-state index is 0.0160. The summed E-state index contributed by atoms with van der Waals surface area (Å²) in [6, 6.07) is 12.3. The van der Waals surface area contributed by atoms with Gasteiger partial charge >= 0.3 is 6.61 Å². The summed E-state index contributed by atoms with van der Waals surface area (Å²) in [5.41, 5.74) is 1.92. The molecule has 0 heterocycles. The first-order chi connectivity index (χ1) is 13.0. The molecule has 0 radical (unpaired) electrons. The van der Waals surface area contributed by atoms with Gasteiger partial charge in [-0.15, -0.1) is 11.8 Å². The number of rotatable bonds is 10. The van der Waals surface area contributed by atoms with E-state index in [9.17, 15) is 13.6 Å². The third kappa shape index (κ3) is 7.64. The maximum Gasteiger partial charge on any atom is 0.387 e. The number of nitrogens with one attached hydrogen (secondary N) is 1. The molecule has 0 aromatic heterocycles. The van der Waals surface area contributed by atoms with E-state index in [2.05, 4.69) is 10.1 Å². The SMILES string of the molecule is COc1cc(CCNC(=O)CSCc2cccc(Cl)c2)ccc1OC(F)F. The van der Waals surface area contributed by atoms with Crippen LogP contribution in [0, 0.1) is 0 Å². The average Bonchev–Trinajstić information content (AvgIpc) is 2.62. The van der Waals surface area contributed by atoms with Crippen molar-refractivity contribution in [3.8, 4) is 11.5 Å². The third-order valence-electron chi connectivity index (χ3n) is 3.57. The zero-order valence-corrected chi connectivity index (χ0v) is 16.3. The van der Waals surface area contributed by atoms with Crippen LogP contribution in [0.15, 0.2) is 42.5 Å². The van der Waals surface area contributed by atoms with Crippen molar-refractivity contribution in [1.82, 2.24) is 5.32 Å². The van der Waals surface area contributed by atoms with E-state index in [0.29, 0.717) is 29.5 Å². The van der Waals surface area contributed by atoms with Crippen LogP contribution in [0.4, 0.5) is 8.78 Å². The van der Waals surface area contributed by atoms with Crippen molar-refractivity contribution < 1.29 is 23.0 Å². The first kappa shape index (κ1) is 21.3. The number of benzene rings is 2. The van der Waals surface area contributed by atoms with E-state index in [1.54, 1.807) is 12.1 Å². The number of halogens is 3. The molecule has 27 heavy (non-hydrogen) atoms. The number of ether oxygens (including phenoxy) is 2. The lowest BCUT2D eigenvalue weighted by Crippen LogP contribution is -2.27. The molecular formula is C19H20ClF2NO3S. The van der Waals surface area contributed by atoms with Crippen molar-refractivity contribution in [3.63, 3.8) is 0 Å². The van der Waals surface area contributed by atoms with Gasteiger partial charge in [0.1, 0.15) is 0 Å². The second-order valence-electron chi connectivity index (χ2n) is 5.59. The van der Waals surface area contributed by atoms with Crippen molar-refractivity contribution in [2.24, 2.45) is 0 Å². The molecule has 0 unspecified atom stereocenters. The van der Waals surface area contributed by atoms with Crippen LogP contribution in [-0.4, -0.2) is 31.9 Å². The number of methoxy groups -OCH3 is 1. The summed E-state index contributed by atoms with van der Waals surface area (Å²) in [5, 5.41) is 3.51. The predicted molar refractivity (Wildman–Crippen MR) is 104 cm³/mol. The highest BCUT2D eigenvalue weighted by Gasteiger charge is 2.11. The molecule has 0 spiro atoms. The lowest BCUT2D eigenvalue weighted by Gasteiger charge is -2.11. The Kier molecular flexibility index (Phi) is 8.67. The fraction of sp³-hybridized carbons (Fsp3) is 0.316. The molecule has 0 saturated carbocycles. The molecule has 1 N–H and O–H groups in total. The van der Waals surface area contributed by atoms with Crippen molar-refractivity contribution in [2.75, 3.05) is 19.4 Å². The van der Waals surface area contributed by atoms with E-state index in [0.717, 1.165) is 11.1 Å². The van der Waals surface area contributed by atoms with Crippen molar-refractivity contribution >= 4 is 29.3 Å². The smallest absolute Gasteiger partial charge is 0.387 e. The van der Waals surface area contributed by atoms with Gasteiger partial charge in [-0.25, -0.2) is 0 Å². The van der Waals surface area contributed by atoms with Gasteiger partial charge in [-0.1, -0.05) is 29.8 Å². The van der Waals surface area contributed by atoms with E-state index in [1.807, 2.05) is 24.3 Å². The maximum absolute atomic E-state index is 12.3. The third-order valence-corrected chi connectivity index (χ3v) is 4.81. The Morgan fingerprint density at radius 1 is 1.19 bits per heavy atom. The number of carbonyl (C=O) groups excluding carboxylic acids is 1. The molecule has 0 atom stereocenters. The topological polar surface area (TPSA) is 47.6 Å². The Morgan fingerprint density at radius 3 is 2.70 bits per heavy atom. The number of amides is 1. The minimum Gasteiger partial charge on any atom is -0.493 e. The second kappa shape index (κ2) is 11.0. The average molecular weight is 416 g/mol. The Balaban J connectivity index is 1.72. The van der Waals surface area contributed by atoms with E-state index >= 15 is 0 Å². The standard InChI is InChI=1S/C19H20ClF2NO3S/c1-25-17-10-13(5-6-16(17)26-19(21)22)7-8-23-18(24)12-27-11-14-3-2-4-15(20)9-14/h2-6,9-10,19H,7-8,11-12H2,1H3,(H,23,24). The fourth-order valence-electron chi connectivity index (χ4n) is 2.35. The summed E-state index contributed by atoms with van der Waals surface area (Å²) in [5.74, 6) is 1.20. The van der Waals surface area contributed by atoms with Crippen molar-refractivity contribution in [1.29, 1.82) is 0 Å². The van der Waals surface area contributed by atoms with Crippen LogP contribution < -0.4 is 14.8 Å². The summed E-state index contributed by atoms with van der Waals surface area (Å²) in [6.07, 6.45) is 0.552. The molecule has 0 bridgehead atoms. The van der Waals surface area contributed by atoms with Gasteiger partial charge in [-0.2, -0.15) is 8.78 Å². The van der Waals surface area contributed by atoms with Crippen LogP contribution in [0.5, 0.6) is 11.5 Å². The van der Waals surface area contributed by atoms with Gasteiger partial charge in [0.15, 0.2) is 11.5 Å². The summed E-state index contributed by atoms with van der Waals surface area (Å²) in [7, 11) is 1.39. The zero-order chi connectivity index (χ0) is 19.6. The van der Waals surface area contributed by atoms with Gasteiger partial charge in [0.05, 0.1) is 12.9 Å². The molecular weight excluding hydrogens is 396 g/mol. The van der Waals surface area contributed by atoms with Crippen molar-refractivity contribution in [3.05, 3.63) is 58.6 Å². The highest BCUT2D eigenvalue weighted by Crippen LogP contribution is 2.29. The minimum atomic E-state index is -2.91. The quantitative estimate of drug-likeness (QED) is 0.618. The van der Waals surface area contributed by atoms with E-state index in [-0.39, 0.29) is 17.4 Å². The van der Waals surface area contributed by atoms with E-state index in [1.165, 1.54) is 24.9 Å². The summed E-state index contributed by atoms with van der Waals surface area (Å²) >= 11 is 7.43. The van der Waals surface area contributed by atoms with Gasteiger partial charge in [-0.05, 0) is 41.8 Å². The molecule has 146 valence electrons. The fourth-order valence-corrected chi connectivity index (χ4v) is 3.36. The van der Waals surface area contributed by atoms with Gasteiger partial charge in [0, 0.05) is 17.3 Å². The Morgan fingerprint density at radius 2 is 2.00 bits per heavy atom. The Labute approximate surface area is 166 Å². The van der Waals surface area contributed by atoms with Crippen LogP contribution in [0.1, 0.15) is 11.1 Å². The van der Waals surface area contributed by atoms with Crippen LogP contribution in [0.2, 0.25) is 5.02 Å². The van der Waals surface area contributed by atoms with Gasteiger partial charge in [0.2, 0.25) is 5.91 Å². The Hall–Kier alpha value is -1.99. The second-order valence-corrected chi connectivity index (χ2v) is 7.01. The summed E-state index contributed by atoms with van der Waals surface area (Å²) < 4.78 is 34.1. The lowest BCUT2D eigenvalue weighted by atomic mass is 10.1. The molecule has 1 amide bonds. The predicted octanol–water partition coefficient (Wildman–Crippen LogP) is 4.54. The monoisotopic (exact) mass is 415 g/mol. The number of thioether (sulfide) groups is 1. The molecule has 8 heteroatoms. The molecule has 2 aromatic carbocycles. The van der Waals surface area contributed by atoms with E-state index < -0.39 is 6.61 Å². The van der Waals surface area contributed by atoms with E-state index in [4.69, 9.17) is 16.3 Å². The normalized spacial score (nSPS) is 10.7. The first-order valence-electron chi connectivity index (χ1n) is 8.18. The van der Waals surface area contributed by atoms with Gasteiger partial charge < -0.3 is 14.8 Å². The molecule has 2 aromatic rings. The molecule has 0 fully saturated rings. The molecule has 4 nitrogen and oxygen atoms in total. The molecule has 0 aliphatic heterocycles. The van der Waals surface area contributed by atoms with Crippen LogP contribution >= 0.6 is 23.4 Å². The number of carbonyl (C=O) groups is 1. The van der Waals surface area contributed by atoms with Crippen LogP contribution in [0.25, 0.3) is 0 Å². The Bertz CT molecular complexity index is 761. The number of hydrogen-bond donors (Lipinski definition) is 1. The summed E-state index contributed by atoms with van der Waals surface area (Å²) in [6.45, 7) is -2.47. The molecule has 0 aliphatic carbocycles. The van der Waals surface area contributed by atoms with Crippen LogP contribution in [0.3, 0.4) is 0 Å². The molecule has 2 rings (SSSR count). The highest BCUT2D eigenvalue weighted by atomic mass is 35.5. The van der Waals surface area contributed by atoms with Crippen molar-refractivity contribution in [2.45, 2.75) is 18.8 Å². The highest BCUT2D eigenvalue weighted by molar-refractivity contribution is 7.99.